The van der Waals surface area contributed by atoms with Gasteiger partial charge in [-0.15, -0.1) is 11.3 Å². The molecule has 0 spiro atoms. The van der Waals surface area contributed by atoms with E-state index in [1.807, 2.05) is 0 Å². The minimum absolute atomic E-state index is 0.0400. The highest BCUT2D eigenvalue weighted by Gasteiger charge is 2.19. The molecule has 0 bridgehead atoms. The van der Waals surface area contributed by atoms with Crippen LogP contribution in [0.1, 0.15) is 45.8 Å². The summed E-state index contributed by atoms with van der Waals surface area (Å²) in [5.41, 5.74) is 1.39. The Morgan fingerprint density at radius 2 is 2.25 bits per heavy atom. The van der Waals surface area contributed by atoms with E-state index in [9.17, 15) is 4.79 Å². The number of rotatable bonds is 3. The molecule has 2 aliphatic rings. The first-order chi connectivity index (χ1) is 9.83. The maximum absolute atomic E-state index is 12.2. The molecule has 1 amide bonds. The van der Waals surface area contributed by atoms with E-state index in [1.54, 1.807) is 11.3 Å². The van der Waals surface area contributed by atoms with E-state index in [-0.39, 0.29) is 12.0 Å². The highest BCUT2D eigenvalue weighted by Crippen LogP contribution is 2.28. The zero-order chi connectivity index (χ0) is 13.8. The summed E-state index contributed by atoms with van der Waals surface area (Å²) in [7, 11) is 0. The molecule has 1 atom stereocenters. The van der Waals surface area contributed by atoms with Crippen molar-refractivity contribution in [2.45, 2.75) is 44.6 Å². The van der Waals surface area contributed by atoms with Gasteiger partial charge in [0.25, 0.3) is 5.91 Å². The van der Waals surface area contributed by atoms with Gasteiger partial charge in [0, 0.05) is 11.4 Å². The molecule has 1 saturated heterocycles. The van der Waals surface area contributed by atoms with Crippen LogP contribution in [0, 0.1) is 0 Å². The van der Waals surface area contributed by atoms with Gasteiger partial charge in [0.15, 0.2) is 0 Å². The molecule has 0 radical (unpaired) electrons. The summed E-state index contributed by atoms with van der Waals surface area (Å²) in [6.45, 7) is 1.63. The van der Waals surface area contributed by atoms with Crippen LogP contribution < -0.4 is 5.32 Å². The van der Waals surface area contributed by atoms with Crippen LogP contribution in [0.4, 0.5) is 0 Å². The van der Waals surface area contributed by atoms with Crippen LogP contribution in [0.5, 0.6) is 0 Å². The number of ether oxygens (including phenoxy) is 2. The van der Waals surface area contributed by atoms with Crippen LogP contribution in [-0.4, -0.2) is 32.0 Å². The predicted molar refractivity (Wildman–Crippen MR) is 78.2 cm³/mol. The first-order valence-electron chi connectivity index (χ1n) is 7.42. The minimum atomic E-state index is 0.0400. The van der Waals surface area contributed by atoms with Crippen LogP contribution in [0.15, 0.2) is 6.07 Å². The van der Waals surface area contributed by atoms with Gasteiger partial charge in [-0.2, -0.15) is 0 Å². The molecule has 5 heteroatoms. The van der Waals surface area contributed by atoms with Crippen molar-refractivity contribution in [1.29, 1.82) is 0 Å². The van der Waals surface area contributed by atoms with Crippen molar-refractivity contribution in [1.82, 2.24) is 5.32 Å². The quantitative estimate of drug-likeness (QED) is 0.872. The van der Waals surface area contributed by atoms with Gasteiger partial charge in [-0.25, -0.2) is 0 Å². The first kappa shape index (κ1) is 14.0. The number of fused-ring (bicyclic) bond motifs is 1. The fraction of sp³-hybridized carbons (Fsp3) is 0.667. The third-order valence-corrected chi connectivity index (χ3v) is 5.17. The largest absolute Gasteiger partial charge is 0.355 e. The van der Waals surface area contributed by atoms with Crippen LogP contribution in [0.2, 0.25) is 0 Å². The van der Waals surface area contributed by atoms with E-state index in [4.69, 9.17) is 9.47 Å². The summed E-state index contributed by atoms with van der Waals surface area (Å²) in [5, 5.41) is 2.98. The zero-order valence-corrected chi connectivity index (χ0v) is 12.5. The monoisotopic (exact) mass is 295 g/mol. The van der Waals surface area contributed by atoms with E-state index >= 15 is 0 Å². The van der Waals surface area contributed by atoms with Gasteiger partial charge >= 0.3 is 0 Å². The molecular formula is C15H21NO3S. The Morgan fingerprint density at radius 1 is 1.35 bits per heavy atom. The summed E-state index contributed by atoms with van der Waals surface area (Å²) in [4.78, 5) is 14.5. The number of amides is 1. The van der Waals surface area contributed by atoms with Crippen LogP contribution >= 0.6 is 11.3 Å². The molecule has 4 nitrogen and oxygen atoms in total. The van der Waals surface area contributed by atoms with Gasteiger partial charge in [0.2, 0.25) is 0 Å². The molecule has 3 rings (SSSR count). The molecule has 1 aliphatic heterocycles. The SMILES string of the molecule is O=C(NC[C@H]1CCOCO1)c1cc2c(s1)CCCCC2. The topological polar surface area (TPSA) is 47.6 Å². The van der Waals surface area contributed by atoms with Gasteiger partial charge in [-0.05, 0) is 43.7 Å². The molecule has 1 aromatic rings. The van der Waals surface area contributed by atoms with E-state index in [1.165, 1.54) is 29.7 Å². The van der Waals surface area contributed by atoms with Crippen molar-refractivity contribution in [3.63, 3.8) is 0 Å². The van der Waals surface area contributed by atoms with Crippen molar-refractivity contribution in [3.8, 4) is 0 Å². The number of carbonyl (C=O) groups is 1. The number of hydrogen-bond donors (Lipinski definition) is 1. The van der Waals surface area contributed by atoms with E-state index in [0.29, 0.717) is 19.9 Å². The standard InChI is InChI=1S/C15H21NO3S/c17-15(16-9-12-6-7-18-10-19-12)14-8-11-4-2-1-3-5-13(11)20-14/h8,12H,1-7,9-10H2,(H,16,17)/t12-/m1/s1. The summed E-state index contributed by atoms with van der Waals surface area (Å²) in [5.74, 6) is 0.0400. The molecule has 0 unspecified atom stereocenters. The normalized spacial score (nSPS) is 22.9. The Labute approximate surface area is 123 Å². The average molecular weight is 295 g/mol. The summed E-state index contributed by atoms with van der Waals surface area (Å²) in [6, 6.07) is 2.09. The second-order valence-electron chi connectivity index (χ2n) is 5.43. The predicted octanol–water partition coefficient (Wildman–Crippen LogP) is 2.51. The second-order valence-corrected chi connectivity index (χ2v) is 6.57. The zero-order valence-electron chi connectivity index (χ0n) is 11.7. The minimum Gasteiger partial charge on any atom is -0.355 e. The van der Waals surface area contributed by atoms with Crippen molar-refractivity contribution < 1.29 is 14.3 Å². The molecular weight excluding hydrogens is 274 g/mol. The van der Waals surface area contributed by atoms with Crippen LogP contribution in [0.25, 0.3) is 0 Å². The molecule has 1 aromatic heterocycles. The average Bonchev–Trinajstić information content (AvgIpc) is 2.77. The molecule has 1 N–H and O–H groups in total. The Morgan fingerprint density at radius 3 is 3.10 bits per heavy atom. The second kappa shape index (κ2) is 6.70. The smallest absolute Gasteiger partial charge is 0.261 e. The summed E-state index contributed by atoms with van der Waals surface area (Å²) >= 11 is 1.67. The fourth-order valence-electron chi connectivity index (χ4n) is 2.74. The highest BCUT2D eigenvalue weighted by atomic mass is 32.1. The summed E-state index contributed by atoms with van der Waals surface area (Å²) in [6.07, 6.45) is 7.01. The lowest BCUT2D eigenvalue weighted by molar-refractivity contribution is -0.136. The van der Waals surface area contributed by atoms with E-state index in [2.05, 4.69) is 11.4 Å². The van der Waals surface area contributed by atoms with Gasteiger partial charge < -0.3 is 14.8 Å². The van der Waals surface area contributed by atoms with E-state index in [0.717, 1.165) is 24.1 Å². The van der Waals surface area contributed by atoms with E-state index < -0.39 is 0 Å². The third kappa shape index (κ3) is 3.40. The van der Waals surface area contributed by atoms with Gasteiger partial charge in [0.1, 0.15) is 6.79 Å². The first-order valence-corrected chi connectivity index (χ1v) is 8.24. The Hall–Kier alpha value is -0.910. The van der Waals surface area contributed by atoms with Crippen molar-refractivity contribution in [2.75, 3.05) is 19.9 Å². The molecule has 0 saturated carbocycles. The highest BCUT2D eigenvalue weighted by molar-refractivity contribution is 7.14. The maximum atomic E-state index is 12.2. The number of hydrogen-bond acceptors (Lipinski definition) is 4. The van der Waals surface area contributed by atoms with Crippen molar-refractivity contribution in [3.05, 3.63) is 21.4 Å². The number of aryl methyl sites for hydroxylation is 2. The van der Waals surface area contributed by atoms with Crippen molar-refractivity contribution in [2.24, 2.45) is 0 Å². The molecule has 2 heterocycles. The van der Waals surface area contributed by atoms with Gasteiger partial charge in [0.05, 0.1) is 17.6 Å². The molecule has 1 fully saturated rings. The number of thiophene rings is 1. The fourth-order valence-corrected chi connectivity index (χ4v) is 3.91. The lowest BCUT2D eigenvalue weighted by Crippen LogP contribution is -2.36. The van der Waals surface area contributed by atoms with Crippen molar-refractivity contribution >= 4 is 17.2 Å². The van der Waals surface area contributed by atoms with Crippen LogP contribution in [-0.2, 0) is 22.3 Å². The lowest BCUT2D eigenvalue weighted by Gasteiger charge is -2.22. The van der Waals surface area contributed by atoms with Gasteiger partial charge in [-0.1, -0.05) is 6.42 Å². The lowest BCUT2D eigenvalue weighted by atomic mass is 10.1. The Balaban J connectivity index is 1.56. The molecule has 20 heavy (non-hydrogen) atoms. The molecule has 110 valence electrons. The Bertz CT molecular complexity index is 442. The Kier molecular flexibility index (Phi) is 4.70. The maximum Gasteiger partial charge on any atom is 0.261 e. The van der Waals surface area contributed by atoms with Gasteiger partial charge in [-0.3, -0.25) is 4.79 Å². The molecule has 1 aliphatic carbocycles. The summed E-state index contributed by atoms with van der Waals surface area (Å²) < 4.78 is 10.6. The number of carbonyl (C=O) groups excluding carboxylic acids is 1. The number of nitrogens with one attached hydrogen (secondary N) is 1. The molecule has 0 aromatic carbocycles. The van der Waals surface area contributed by atoms with Crippen LogP contribution in [0.3, 0.4) is 0 Å². The third-order valence-electron chi connectivity index (χ3n) is 3.93.